The van der Waals surface area contributed by atoms with Crippen LogP contribution in [0.25, 0.3) is 5.76 Å². The largest absolute Gasteiger partial charge is 0.507 e. The third-order valence-corrected chi connectivity index (χ3v) is 2.22. The molecule has 15 heavy (non-hydrogen) atoms. The van der Waals surface area contributed by atoms with Gasteiger partial charge in [-0.15, -0.1) is 0 Å². The topological polar surface area (TPSA) is 46.5 Å². The molecular weight excluding hydrogens is 239 g/mol. The van der Waals surface area contributed by atoms with Crippen LogP contribution >= 0.6 is 23.2 Å². The van der Waals surface area contributed by atoms with Crippen LogP contribution in [-0.2, 0) is 9.53 Å². The first-order valence-corrected chi connectivity index (χ1v) is 4.74. The number of halogens is 2. The van der Waals surface area contributed by atoms with E-state index >= 15 is 0 Å². The monoisotopic (exact) mass is 246 g/mol. The van der Waals surface area contributed by atoms with Crippen LogP contribution < -0.4 is 0 Å². The summed E-state index contributed by atoms with van der Waals surface area (Å²) in [4.78, 5) is 10.9. The lowest BCUT2D eigenvalue weighted by Crippen LogP contribution is -1.97. The van der Waals surface area contributed by atoms with Crippen LogP contribution in [0.4, 0.5) is 0 Å². The Balaban J connectivity index is 3.10. The molecule has 0 atom stereocenters. The predicted octanol–water partition coefficient (Wildman–Crippen LogP) is 3.07. The number of ether oxygens (including phenoxy) is 1. The average Bonchev–Trinajstić information content (AvgIpc) is 2.21. The molecule has 0 spiro atoms. The van der Waals surface area contributed by atoms with Crippen molar-refractivity contribution in [3.8, 4) is 0 Å². The van der Waals surface area contributed by atoms with Gasteiger partial charge in [0.05, 0.1) is 18.2 Å². The highest BCUT2D eigenvalue weighted by Crippen LogP contribution is 2.25. The molecule has 1 N–H and O–H groups in total. The molecule has 80 valence electrons. The SMILES string of the molecule is COC(=O)C=C(O)c1cc(Cl)ccc1Cl. The van der Waals surface area contributed by atoms with Gasteiger partial charge in [-0.1, -0.05) is 23.2 Å². The van der Waals surface area contributed by atoms with Crippen molar-refractivity contribution in [3.05, 3.63) is 39.9 Å². The highest BCUT2D eigenvalue weighted by Gasteiger charge is 2.08. The van der Waals surface area contributed by atoms with Gasteiger partial charge in [-0.2, -0.15) is 0 Å². The summed E-state index contributed by atoms with van der Waals surface area (Å²) in [6, 6.07) is 4.57. The number of aliphatic hydroxyl groups excluding tert-OH is 1. The number of carbonyl (C=O) groups is 1. The maximum atomic E-state index is 10.9. The maximum absolute atomic E-state index is 10.9. The minimum Gasteiger partial charge on any atom is -0.507 e. The van der Waals surface area contributed by atoms with Gasteiger partial charge >= 0.3 is 5.97 Å². The summed E-state index contributed by atoms with van der Waals surface area (Å²) in [5, 5.41) is 10.3. The fourth-order valence-corrected chi connectivity index (χ4v) is 1.33. The van der Waals surface area contributed by atoms with Gasteiger partial charge in [0.25, 0.3) is 0 Å². The number of hydrogen-bond acceptors (Lipinski definition) is 3. The van der Waals surface area contributed by atoms with Crippen LogP contribution in [0.2, 0.25) is 10.0 Å². The van der Waals surface area contributed by atoms with E-state index in [1.165, 1.54) is 19.2 Å². The second-order valence-corrected chi connectivity index (χ2v) is 3.52. The van der Waals surface area contributed by atoms with Crippen molar-refractivity contribution >= 4 is 34.9 Å². The van der Waals surface area contributed by atoms with Gasteiger partial charge in [-0.05, 0) is 18.2 Å². The van der Waals surface area contributed by atoms with Crippen LogP contribution in [0.15, 0.2) is 24.3 Å². The number of aliphatic hydroxyl groups is 1. The van der Waals surface area contributed by atoms with E-state index in [1.807, 2.05) is 0 Å². The summed E-state index contributed by atoms with van der Waals surface area (Å²) in [5.74, 6) is -0.946. The molecule has 0 amide bonds. The Kier molecular flexibility index (Phi) is 4.00. The first kappa shape index (κ1) is 11.9. The van der Waals surface area contributed by atoms with Crippen molar-refractivity contribution in [1.29, 1.82) is 0 Å². The molecule has 1 rings (SSSR count). The van der Waals surface area contributed by atoms with Crippen molar-refractivity contribution in [3.63, 3.8) is 0 Å². The molecule has 0 aromatic heterocycles. The summed E-state index contributed by atoms with van der Waals surface area (Å²) in [6.07, 6.45) is 0.928. The van der Waals surface area contributed by atoms with E-state index < -0.39 is 5.97 Å². The lowest BCUT2D eigenvalue weighted by molar-refractivity contribution is -0.134. The third-order valence-electron chi connectivity index (χ3n) is 1.66. The lowest BCUT2D eigenvalue weighted by Gasteiger charge is -2.03. The minimum absolute atomic E-state index is 0.283. The Morgan fingerprint density at radius 2 is 2.13 bits per heavy atom. The van der Waals surface area contributed by atoms with Gasteiger partial charge in [0.2, 0.25) is 0 Å². The molecule has 1 aromatic rings. The number of benzene rings is 1. The number of carbonyl (C=O) groups excluding carboxylic acids is 1. The van der Waals surface area contributed by atoms with Gasteiger partial charge in [0.15, 0.2) is 0 Å². The normalized spacial score (nSPS) is 11.3. The Labute approximate surface area is 96.9 Å². The molecule has 0 heterocycles. The van der Waals surface area contributed by atoms with Crippen LogP contribution in [-0.4, -0.2) is 18.2 Å². The summed E-state index contributed by atoms with van der Waals surface area (Å²) >= 11 is 11.5. The molecule has 0 aliphatic rings. The second kappa shape index (κ2) is 5.05. The van der Waals surface area contributed by atoms with E-state index in [4.69, 9.17) is 23.2 Å². The van der Waals surface area contributed by atoms with Crippen LogP contribution in [0.1, 0.15) is 5.56 Å². The van der Waals surface area contributed by atoms with Crippen molar-refractivity contribution in [2.45, 2.75) is 0 Å². The van der Waals surface area contributed by atoms with Gasteiger partial charge in [-0.25, -0.2) is 4.79 Å². The molecule has 0 aliphatic heterocycles. The standard InChI is InChI=1S/C10H8Cl2O3/c1-15-10(14)5-9(13)7-4-6(11)2-3-8(7)12/h2-5,13H,1H3. The number of rotatable bonds is 2. The van der Waals surface area contributed by atoms with E-state index in [9.17, 15) is 9.90 Å². The first-order valence-electron chi connectivity index (χ1n) is 3.98. The molecule has 0 bridgehead atoms. The molecular formula is C10H8Cl2O3. The van der Waals surface area contributed by atoms with Crippen molar-refractivity contribution < 1.29 is 14.6 Å². The van der Waals surface area contributed by atoms with E-state index in [1.54, 1.807) is 6.07 Å². The molecule has 0 unspecified atom stereocenters. The second-order valence-electron chi connectivity index (χ2n) is 2.68. The van der Waals surface area contributed by atoms with Crippen LogP contribution in [0, 0.1) is 0 Å². The quantitative estimate of drug-likeness (QED) is 0.496. The number of methoxy groups -OCH3 is 1. The lowest BCUT2D eigenvalue weighted by atomic mass is 10.2. The fourth-order valence-electron chi connectivity index (χ4n) is 0.942. The molecule has 1 aromatic carbocycles. The summed E-state index contributed by atoms with van der Waals surface area (Å²) in [6.45, 7) is 0. The van der Waals surface area contributed by atoms with E-state index in [2.05, 4.69) is 4.74 Å². The zero-order valence-electron chi connectivity index (χ0n) is 7.83. The summed E-state index contributed by atoms with van der Waals surface area (Å²) < 4.78 is 4.36. The molecule has 0 radical (unpaired) electrons. The number of hydrogen-bond donors (Lipinski definition) is 1. The Hall–Kier alpha value is -1.19. The van der Waals surface area contributed by atoms with Gasteiger partial charge in [0.1, 0.15) is 5.76 Å². The van der Waals surface area contributed by atoms with Crippen molar-refractivity contribution in [1.82, 2.24) is 0 Å². The highest BCUT2D eigenvalue weighted by atomic mass is 35.5. The smallest absolute Gasteiger partial charge is 0.334 e. The first-order chi connectivity index (χ1) is 7.04. The zero-order valence-corrected chi connectivity index (χ0v) is 9.34. The average molecular weight is 247 g/mol. The van der Waals surface area contributed by atoms with E-state index in [0.29, 0.717) is 10.0 Å². The van der Waals surface area contributed by atoms with Crippen LogP contribution in [0.3, 0.4) is 0 Å². The minimum atomic E-state index is -0.663. The molecule has 0 saturated carbocycles. The Morgan fingerprint density at radius 1 is 1.47 bits per heavy atom. The maximum Gasteiger partial charge on any atom is 0.334 e. The molecule has 0 aliphatic carbocycles. The van der Waals surface area contributed by atoms with Gasteiger partial charge < -0.3 is 9.84 Å². The Bertz CT molecular complexity index is 413. The fraction of sp³-hybridized carbons (Fsp3) is 0.100. The molecule has 0 saturated heterocycles. The molecule has 3 nitrogen and oxygen atoms in total. The van der Waals surface area contributed by atoms with Gasteiger partial charge in [0, 0.05) is 10.6 Å². The zero-order chi connectivity index (χ0) is 11.4. The van der Waals surface area contributed by atoms with E-state index in [-0.39, 0.29) is 11.3 Å². The molecule has 0 fully saturated rings. The highest BCUT2D eigenvalue weighted by molar-refractivity contribution is 6.34. The van der Waals surface area contributed by atoms with Crippen molar-refractivity contribution in [2.24, 2.45) is 0 Å². The summed E-state index contributed by atoms with van der Waals surface area (Å²) in [5.41, 5.74) is 0.287. The van der Waals surface area contributed by atoms with E-state index in [0.717, 1.165) is 6.08 Å². The van der Waals surface area contributed by atoms with Gasteiger partial charge in [-0.3, -0.25) is 0 Å². The third kappa shape index (κ3) is 3.15. The number of esters is 1. The predicted molar refractivity (Wildman–Crippen MR) is 59.1 cm³/mol. The Morgan fingerprint density at radius 3 is 2.73 bits per heavy atom. The summed E-state index contributed by atoms with van der Waals surface area (Å²) in [7, 11) is 1.21. The van der Waals surface area contributed by atoms with Crippen molar-refractivity contribution in [2.75, 3.05) is 7.11 Å². The molecule has 5 heteroatoms. The van der Waals surface area contributed by atoms with Crippen LogP contribution in [0.5, 0.6) is 0 Å².